The molecule has 4 atom stereocenters. The minimum absolute atomic E-state index is 0.0668. The SMILES string of the molecule is C/C=C/CCc1c(F)cc(-c2ccc(C3CCC4CC(CC/C=C/C)CCC4C3)cc2F)cc1F. The van der Waals surface area contributed by atoms with E-state index in [-0.39, 0.29) is 16.7 Å². The van der Waals surface area contributed by atoms with Gasteiger partial charge in [0, 0.05) is 11.1 Å². The highest BCUT2D eigenvalue weighted by Gasteiger charge is 2.35. The topological polar surface area (TPSA) is 0 Å². The van der Waals surface area contributed by atoms with Gasteiger partial charge < -0.3 is 0 Å². The Morgan fingerprint density at radius 1 is 0.771 bits per heavy atom. The van der Waals surface area contributed by atoms with Gasteiger partial charge in [0.05, 0.1) is 0 Å². The number of halogens is 3. The first-order valence-corrected chi connectivity index (χ1v) is 13.5. The third-order valence-corrected chi connectivity index (χ3v) is 8.41. The lowest BCUT2D eigenvalue weighted by atomic mass is 9.63. The van der Waals surface area contributed by atoms with Crippen molar-refractivity contribution in [2.45, 2.75) is 84.0 Å². The van der Waals surface area contributed by atoms with Crippen LogP contribution in [0.5, 0.6) is 0 Å². The van der Waals surface area contributed by atoms with E-state index in [9.17, 15) is 8.78 Å². The van der Waals surface area contributed by atoms with Gasteiger partial charge in [0.25, 0.3) is 0 Å². The molecule has 0 nitrogen and oxygen atoms in total. The molecular weight excluding hydrogens is 441 g/mol. The maximum Gasteiger partial charge on any atom is 0.131 e. The van der Waals surface area contributed by atoms with Gasteiger partial charge >= 0.3 is 0 Å². The number of benzene rings is 2. The molecule has 0 spiro atoms. The summed E-state index contributed by atoms with van der Waals surface area (Å²) in [7, 11) is 0. The van der Waals surface area contributed by atoms with Crippen molar-refractivity contribution in [1.82, 2.24) is 0 Å². The van der Waals surface area contributed by atoms with E-state index in [2.05, 4.69) is 19.1 Å². The Labute approximate surface area is 209 Å². The van der Waals surface area contributed by atoms with Crippen molar-refractivity contribution in [3.8, 4) is 11.1 Å². The smallest absolute Gasteiger partial charge is 0.131 e. The van der Waals surface area contributed by atoms with E-state index in [0.29, 0.717) is 18.8 Å². The second-order valence-corrected chi connectivity index (χ2v) is 10.6. The van der Waals surface area contributed by atoms with Gasteiger partial charge in [0.1, 0.15) is 17.5 Å². The lowest BCUT2D eigenvalue weighted by molar-refractivity contribution is 0.115. The molecule has 2 aromatic rings. The molecule has 0 amide bonds. The Balaban J connectivity index is 1.42. The predicted molar refractivity (Wildman–Crippen MR) is 140 cm³/mol. The fourth-order valence-electron chi connectivity index (χ4n) is 6.46. The number of hydrogen-bond donors (Lipinski definition) is 0. The summed E-state index contributed by atoms with van der Waals surface area (Å²) in [4.78, 5) is 0. The number of rotatable bonds is 8. The van der Waals surface area contributed by atoms with Crippen LogP contribution in [-0.2, 0) is 6.42 Å². The van der Waals surface area contributed by atoms with Crippen LogP contribution in [0.4, 0.5) is 13.2 Å². The van der Waals surface area contributed by atoms with Crippen LogP contribution in [0.25, 0.3) is 11.1 Å². The second kappa shape index (κ2) is 12.1. The van der Waals surface area contributed by atoms with E-state index in [0.717, 1.165) is 36.2 Å². The zero-order valence-corrected chi connectivity index (χ0v) is 21.2. The summed E-state index contributed by atoms with van der Waals surface area (Å²) < 4.78 is 44.4. The predicted octanol–water partition coefficient (Wildman–Crippen LogP) is 9.94. The van der Waals surface area contributed by atoms with Crippen LogP contribution in [0.2, 0.25) is 0 Å². The van der Waals surface area contributed by atoms with Crippen molar-refractivity contribution in [2.24, 2.45) is 17.8 Å². The molecule has 4 rings (SSSR count). The molecule has 35 heavy (non-hydrogen) atoms. The molecule has 0 aromatic heterocycles. The summed E-state index contributed by atoms with van der Waals surface area (Å²) in [5, 5.41) is 0. The molecule has 2 aliphatic rings. The van der Waals surface area contributed by atoms with Crippen molar-refractivity contribution < 1.29 is 13.2 Å². The van der Waals surface area contributed by atoms with Crippen molar-refractivity contribution in [3.63, 3.8) is 0 Å². The van der Waals surface area contributed by atoms with Gasteiger partial charge in [-0.15, -0.1) is 0 Å². The average Bonchev–Trinajstić information content (AvgIpc) is 2.85. The highest BCUT2D eigenvalue weighted by Crippen LogP contribution is 2.48. The molecule has 0 radical (unpaired) electrons. The summed E-state index contributed by atoms with van der Waals surface area (Å²) in [5.74, 6) is 1.20. The molecule has 188 valence electrons. The van der Waals surface area contributed by atoms with Crippen molar-refractivity contribution in [1.29, 1.82) is 0 Å². The summed E-state index contributed by atoms with van der Waals surface area (Å²) in [6, 6.07) is 7.83. The third-order valence-electron chi connectivity index (χ3n) is 8.41. The van der Waals surface area contributed by atoms with Gasteiger partial charge in [-0.3, -0.25) is 0 Å². The lowest BCUT2D eigenvalue weighted by Crippen LogP contribution is -2.30. The van der Waals surface area contributed by atoms with Gasteiger partial charge in [-0.25, -0.2) is 13.2 Å². The van der Waals surface area contributed by atoms with Crippen LogP contribution >= 0.6 is 0 Å². The summed E-state index contributed by atoms with van der Waals surface area (Å²) in [6.07, 6.45) is 19.0. The van der Waals surface area contributed by atoms with Crippen LogP contribution in [0.1, 0.15) is 88.7 Å². The Bertz CT molecular complexity index is 1030. The van der Waals surface area contributed by atoms with E-state index in [1.165, 1.54) is 50.7 Å². The maximum absolute atomic E-state index is 15.2. The third kappa shape index (κ3) is 6.29. The Kier molecular flexibility index (Phi) is 8.92. The monoisotopic (exact) mass is 480 g/mol. The molecule has 4 unspecified atom stereocenters. The van der Waals surface area contributed by atoms with Crippen molar-refractivity contribution in [2.75, 3.05) is 0 Å². The standard InChI is InChI=1S/C32H39F3/c1-3-5-7-9-22-11-12-24-18-25(14-13-23(24)17-22)26-15-16-28(30(33)19-26)27-20-31(34)29(32(35)21-27)10-8-6-4-2/h3-6,15-16,19-25H,7-14,17-18H2,1-2H3/b5-3+,6-4+. The minimum atomic E-state index is -0.604. The second-order valence-electron chi connectivity index (χ2n) is 10.6. The Morgan fingerprint density at radius 2 is 1.46 bits per heavy atom. The van der Waals surface area contributed by atoms with Crippen LogP contribution in [0.3, 0.4) is 0 Å². The zero-order valence-electron chi connectivity index (χ0n) is 21.2. The number of allylic oxidation sites excluding steroid dienone is 4. The van der Waals surface area contributed by atoms with Gasteiger partial charge in [-0.05, 0) is 125 Å². The Morgan fingerprint density at radius 3 is 2.17 bits per heavy atom. The van der Waals surface area contributed by atoms with E-state index in [1.54, 1.807) is 12.1 Å². The summed E-state index contributed by atoms with van der Waals surface area (Å²) >= 11 is 0. The molecule has 2 aromatic carbocycles. The fraction of sp³-hybridized carbons (Fsp3) is 0.500. The van der Waals surface area contributed by atoms with E-state index in [4.69, 9.17) is 0 Å². The molecule has 0 N–H and O–H groups in total. The molecule has 2 aliphatic carbocycles. The van der Waals surface area contributed by atoms with E-state index in [1.807, 2.05) is 25.1 Å². The highest BCUT2D eigenvalue weighted by atomic mass is 19.1. The van der Waals surface area contributed by atoms with Crippen LogP contribution in [-0.4, -0.2) is 0 Å². The average molecular weight is 481 g/mol. The van der Waals surface area contributed by atoms with Crippen LogP contribution in [0, 0.1) is 35.2 Å². The van der Waals surface area contributed by atoms with Gasteiger partial charge in [-0.1, -0.05) is 42.9 Å². The van der Waals surface area contributed by atoms with Crippen molar-refractivity contribution in [3.05, 3.63) is 83.2 Å². The van der Waals surface area contributed by atoms with Gasteiger partial charge in [0.2, 0.25) is 0 Å². The number of hydrogen-bond acceptors (Lipinski definition) is 0. The fourth-order valence-corrected chi connectivity index (χ4v) is 6.46. The quantitative estimate of drug-likeness (QED) is 0.330. The Hall–Kier alpha value is -2.29. The van der Waals surface area contributed by atoms with E-state index >= 15 is 4.39 Å². The first-order chi connectivity index (χ1) is 17.0. The highest BCUT2D eigenvalue weighted by molar-refractivity contribution is 5.65. The molecule has 0 aliphatic heterocycles. The van der Waals surface area contributed by atoms with Gasteiger partial charge in [-0.2, -0.15) is 0 Å². The van der Waals surface area contributed by atoms with Crippen LogP contribution < -0.4 is 0 Å². The summed E-state index contributed by atoms with van der Waals surface area (Å²) in [6.45, 7) is 3.97. The molecule has 2 fully saturated rings. The lowest BCUT2D eigenvalue weighted by Gasteiger charge is -2.42. The minimum Gasteiger partial charge on any atom is -0.207 e. The number of fused-ring (bicyclic) bond motifs is 1. The zero-order chi connectivity index (χ0) is 24.8. The molecule has 0 bridgehead atoms. The summed E-state index contributed by atoms with van der Waals surface area (Å²) in [5.41, 5.74) is 1.63. The van der Waals surface area contributed by atoms with Gasteiger partial charge in [0.15, 0.2) is 0 Å². The molecule has 0 saturated heterocycles. The maximum atomic E-state index is 15.2. The first kappa shape index (κ1) is 25.8. The largest absolute Gasteiger partial charge is 0.207 e. The molecule has 2 saturated carbocycles. The van der Waals surface area contributed by atoms with Crippen LogP contribution in [0.15, 0.2) is 54.6 Å². The first-order valence-electron chi connectivity index (χ1n) is 13.5. The normalized spacial score (nSPS) is 24.8. The molecule has 0 heterocycles. The van der Waals surface area contributed by atoms with E-state index < -0.39 is 17.5 Å². The molecular formula is C32H39F3. The molecule has 3 heteroatoms. The van der Waals surface area contributed by atoms with Crippen molar-refractivity contribution >= 4 is 0 Å².